The summed E-state index contributed by atoms with van der Waals surface area (Å²) in [6.07, 6.45) is 6.59. The van der Waals surface area contributed by atoms with Crippen molar-refractivity contribution < 1.29 is 9.22 Å². The zero-order chi connectivity index (χ0) is 19.6. The molecule has 0 amide bonds. The maximum Gasteiger partial charge on any atom is 0.250 e. The molecule has 3 aliphatic rings. The molecule has 0 aliphatic heterocycles. The van der Waals surface area contributed by atoms with E-state index < -0.39 is 8.32 Å². The molecule has 3 heteroatoms. The van der Waals surface area contributed by atoms with Gasteiger partial charge in [-0.15, -0.1) is 0 Å². The van der Waals surface area contributed by atoms with Gasteiger partial charge in [0.2, 0.25) is 8.32 Å². The van der Waals surface area contributed by atoms with Gasteiger partial charge in [0, 0.05) is 11.8 Å². The highest BCUT2D eigenvalue weighted by Gasteiger charge is 2.54. The molecule has 0 radical (unpaired) electrons. The smallest absolute Gasteiger partial charge is 0.250 e. The summed E-state index contributed by atoms with van der Waals surface area (Å²) < 4.78 is 6.56. The standard InChI is InChI=1S/C24H36O2Si/c1-23(2,3)27(5,6)26-17-8-10-18-16(15-17)7-9-20-19(18)13-14-24(4)21(20)11-12-22(24)25/h8,10,15,19-21H,7,9,11-14H2,1-6H3/t19?,20?,21?,24-/m0/s1. The summed E-state index contributed by atoms with van der Waals surface area (Å²) in [6.45, 7) is 13.8. The third-order valence-corrected chi connectivity index (χ3v) is 12.9. The molecule has 148 valence electrons. The molecule has 4 atom stereocenters. The van der Waals surface area contributed by atoms with Crippen molar-refractivity contribution in [1.82, 2.24) is 0 Å². The lowest BCUT2D eigenvalue weighted by Crippen LogP contribution is -2.44. The first-order valence-corrected chi connectivity index (χ1v) is 13.8. The molecule has 0 heterocycles. The monoisotopic (exact) mass is 384 g/mol. The van der Waals surface area contributed by atoms with E-state index in [4.69, 9.17) is 4.43 Å². The van der Waals surface area contributed by atoms with Gasteiger partial charge in [-0.3, -0.25) is 4.79 Å². The van der Waals surface area contributed by atoms with Crippen LogP contribution in [-0.2, 0) is 11.2 Å². The molecule has 2 saturated carbocycles. The van der Waals surface area contributed by atoms with E-state index >= 15 is 0 Å². The van der Waals surface area contributed by atoms with Gasteiger partial charge < -0.3 is 4.43 Å². The first-order valence-electron chi connectivity index (χ1n) is 10.9. The van der Waals surface area contributed by atoms with Crippen molar-refractivity contribution in [1.29, 1.82) is 0 Å². The van der Waals surface area contributed by atoms with Crippen molar-refractivity contribution in [2.45, 2.75) is 90.3 Å². The molecule has 0 aromatic heterocycles. The predicted molar refractivity (Wildman–Crippen MR) is 114 cm³/mol. The van der Waals surface area contributed by atoms with E-state index in [0.717, 1.165) is 31.4 Å². The summed E-state index contributed by atoms with van der Waals surface area (Å²) in [5.74, 6) is 3.57. The van der Waals surface area contributed by atoms with Gasteiger partial charge >= 0.3 is 0 Å². The van der Waals surface area contributed by atoms with Gasteiger partial charge in [-0.1, -0.05) is 33.8 Å². The minimum absolute atomic E-state index is 0.0238. The number of rotatable bonds is 2. The van der Waals surface area contributed by atoms with Gasteiger partial charge in [0.15, 0.2) is 0 Å². The molecule has 27 heavy (non-hydrogen) atoms. The normalized spacial score (nSPS) is 33.3. The maximum absolute atomic E-state index is 12.5. The fourth-order valence-electron chi connectivity index (χ4n) is 5.84. The molecule has 1 aromatic carbocycles. The molecule has 0 N–H and O–H groups in total. The fraction of sp³-hybridized carbons (Fsp3) is 0.708. The summed E-state index contributed by atoms with van der Waals surface area (Å²) >= 11 is 0. The lowest BCUT2D eigenvalue weighted by molar-refractivity contribution is -0.129. The number of benzene rings is 1. The molecule has 3 unspecified atom stereocenters. The van der Waals surface area contributed by atoms with Gasteiger partial charge in [0.1, 0.15) is 11.5 Å². The number of hydrogen-bond acceptors (Lipinski definition) is 2. The molecule has 2 nitrogen and oxygen atoms in total. The van der Waals surface area contributed by atoms with Crippen LogP contribution in [0.4, 0.5) is 0 Å². The van der Waals surface area contributed by atoms with Crippen LogP contribution < -0.4 is 4.43 Å². The number of aryl methyl sites for hydroxylation is 1. The average molecular weight is 385 g/mol. The van der Waals surface area contributed by atoms with Crippen LogP contribution in [0.3, 0.4) is 0 Å². The lowest BCUT2D eigenvalue weighted by atomic mass is 9.55. The number of fused-ring (bicyclic) bond motifs is 5. The van der Waals surface area contributed by atoms with Gasteiger partial charge in [0.05, 0.1) is 0 Å². The molecule has 2 fully saturated rings. The van der Waals surface area contributed by atoms with E-state index in [1.807, 2.05) is 0 Å². The van der Waals surface area contributed by atoms with Crippen molar-refractivity contribution in [2.24, 2.45) is 17.3 Å². The zero-order valence-electron chi connectivity index (χ0n) is 18.0. The first-order chi connectivity index (χ1) is 12.5. The highest BCUT2D eigenvalue weighted by atomic mass is 28.4. The molecule has 0 spiro atoms. The van der Waals surface area contributed by atoms with Gasteiger partial charge in [0.25, 0.3) is 0 Å². The SMILES string of the molecule is CC(C)(C)[Si](C)(C)Oc1ccc2c(c1)CCC1C2CC[C@]2(C)C(=O)CCC12. The van der Waals surface area contributed by atoms with E-state index in [9.17, 15) is 4.79 Å². The minimum Gasteiger partial charge on any atom is -0.543 e. The Hall–Kier alpha value is -1.09. The number of ketones is 1. The van der Waals surface area contributed by atoms with Crippen LogP contribution in [-0.4, -0.2) is 14.1 Å². The van der Waals surface area contributed by atoms with Crippen molar-refractivity contribution >= 4 is 14.1 Å². The van der Waals surface area contributed by atoms with E-state index in [1.165, 1.54) is 18.4 Å². The van der Waals surface area contributed by atoms with Crippen LogP contribution in [0.5, 0.6) is 5.75 Å². The Morgan fingerprint density at radius 3 is 2.56 bits per heavy atom. The van der Waals surface area contributed by atoms with E-state index in [0.29, 0.717) is 23.5 Å². The Bertz CT molecular complexity index is 760. The van der Waals surface area contributed by atoms with Crippen LogP contribution in [0.1, 0.15) is 76.8 Å². The van der Waals surface area contributed by atoms with Gasteiger partial charge in [-0.05, 0) is 91.2 Å². The Kier molecular flexibility index (Phi) is 4.42. The molecule has 0 saturated heterocycles. The van der Waals surface area contributed by atoms with Crippen LogP contribution >= 0.6 is 0 Å². The Morgan fingerprint density at radius 2 is 1.85 bits per heavy atom. The van der Waals surface area contributed by atoms with Crippen LogP contribution in [0.15, 0.2) is 18.2 Å². The zero-order valence-corrected chi connectivity index (χ0v) is 19.0. The molecular formula is C24H36O2Si. The second kappa shape index (κ2) is 6.20. The van der Waals surface area contributed by atoms with E-state index in [1.54, 1.807) is 5.56 Å². The number of carbonyl (C=O) groups excluding carboxylic acids is 1. The Labute approximate surface area is 166 Å². The average Bonchev–Trinajstić information content (AvgIpc) is 2.88. The summed E-state index contributed by atoms with van der Waals surface area (Å²) in [7, 11) is -1.80. The number of carbonyl (C=O) groups is 1. The highest BCUT2D eigenvalue weighted by molar-refractivity contribution is 6.74. The van der Waals surface area contributed by atoms with Crippen LogP contribution in [0, 0.1) is 17.3 Å². The topological polar surface area (TPSA) is 26.3 Å². The van der Waals surface area contributed by atoms with Crippen LogP contribution in [0.2, 0.25) is 18.1 Å². The second-order valence-electron chi connectivity index (χ2n) is 11.1. The third kappa shape index (κ3) is 3.01. The van der Waals surface area contributed by atoms with Crippen molar-refractivity contribution in [2.75, 3.05) is 0 Å². The van der Waals surface area contributed by atoms with Crippen molar-refractivity contribution in [3.05, 3.63) is 29.3 Å². The highest BCUT2D eigenvalue weighted by Crippen LogP contribution is 2.59. The first kappa shape index (κ1) is 19.2. The van der Waals surface area contributed by atoms with Crippen molar-refractivity contribution in [3.63, 3.8) is 0 Å². The Balaban J connectivity index is 1.59. The summed E-state index contributed by atoms with van der Waals surface area (Å²) in [4.78, 5) is 12.5. The quantitative estimate of drug-likeness (QED) is 0.544. The Morgan fingerprint density at radius 1 is 1.11 bits per heavy atom. The maximum atomic E-state index is 12.5. The molecule has 1 aromatic rings. The predicted octanol–water partition coefficient (Wildman–Crippen LogP) is 6.50. The lowest BCUT2D eigenvalue weighted by Gasteiger charge is -2.48. The summed E-state index contributed by atoms with van der Waals surface area (Å²) in [5.41, 5.74) is 3.03. The molecule has 3 aliphatic carbocycles. The summed E-state index contributed by atoms with van der Waals surface area (Å²) in [6, 6.07) is 6.91. The van der Waals surface area contributed by atoms with E-state index in [2.05, 4.69) is 59.0 Å². The molecule has 0 bridgehead atoms. The fourth-order valence-corrected chi connectivity index (χ4v) is 6.86. The third-order valence-electron chi connectivity index (χ3n) is 8.59. The molecular weight excluding hydrogens is 348 g/mol. The second-order valence-corrected chi connectivity index (χ2v) is 15.8. The van der Waals surface area contributed by atoms with Gasteiger partial charge in [-0.2, -0.15) is 0 Å². The molecule has 4 rings (SSSR count). The largest absolute Gasteiger partial charge is 0.543 e. The van der Waals surface area contributed by atoms with Crippen molar-refractivity contribution in [3.8, 4) is 5.75 Å². The van der Waals surface area contributed by atoms with Crippen LogP contribution in [0.25, 0.3) is 0 Å². The minimum atomic E-state index is -1.80. The van der Waals surface area contributed by atoms with E-state index in [-0.39, 0.29) is 10.5 Å². The summed E-state index contributed by atoms with van der Waals surface area (Å²) in [5, 5.41) is 0.219. The number of hydrogen-bond donors (Lipinski definition) is 0. The van der Waals surface area contributed by atoms with Gasteiger partial charge in [-0.25, -0.2) is 0 Å². The number of Topliss-reactive ketones (excluding diaryl/α,β-unsaturated/α-hetero) is 1.